The number of likely N-dealkylation sites (tertiary alicyclic amines) is 1. The Hall–Kier alpha value is -0.940. The molecule has 0 radical (unpaired) electrons. The van der Waals surface area contributed by atoms with Gasteiger partial charge in [0.2, 0.25) is 0 Å². The second-order valence-electron chi connectivity index (χ2n) is 8.45. The number of rotatable bonds is 6. The smallest absolute Gasteiger partial charge is 0.194 e. The van der Waals surface area contributed by atoms with Gasteiger partial charge in [0.05, 0.1) is 13.2 Å². The molecule has 3 rings (SSSR count). The van der Waals surface area contributed by atoms with E-state index in [1.807, 2.05) is 18.5 Å². The molecule has 0 amide bonds. The van der Waals surface area contributed by atoms with Gasteiger partial charge in [-0.25, -0.2) is 4.99 Å². The maximum atomic E-state index is 5.43. The van der Waals surface area contributed by atoms with Crippen LogP contribution in [-0.2, 0) is 18.3 Å². The Bertz CT molecular complexity index is 635. The van der Waals surface area contributed by atoms with Gasteiger partial charge in [-0.2, -0.15) is 0 Å². The largest absolute Gasteiger partial charge is 0.379 e. The van der Waals surface area contributed by atoms with Gasteiger partial charge in [-0.15, -0.1) is 34.2 Å². The van der Waals surface area contributed by atoms with Crippen LogP contribution in [0.1, 0.15) is 38.3 Å². The van der Waals surface area contributed by atoms with E-state index in [1.54, 1.807) is 0 Å². The van der Waals surface area contributed by atoms with Gasteiger partial charge >= 0.3 is 0 Å². The first-order chi connectivity index (χ1) is 13.5. The fourth-order valence-corrected chi connectivity index (χ4v) is 4.17. The number of hydrogen-bond donors (Lipinski definition) is 1. The molecule has 0 aromatic carbocycles. The molecule has 29 heavy (non-hydrogen) atoms. The van der Waals surface area contributed by atoms with Crippen LogP contribution in [0, 0.1) is 18.8 Å². The standard InChI is InChI=1S/C20H37N7O.HI/c1-16-12-17(2)15-27(14-16)20(22-13-19-24-23-18(3)25(19)4)21-6-5-7-26-8-10-28-11-9-26;/h16-17H,5-15H2,1-4H3,(H,21,22);1H. The zero-order chi connectivity index (χ0) is 19.9. The number of aliphatic imine (C=N–C) groups is 1. The van der Waals surface area contributed by atoms with Crippen molar-refractivity contribution in [2.45, 2.75) is 40.2 Å². The summed E-state index contributed by atoms with van der Waals surface area (Å²) < 4.78 is 7.45. The highest BCUT2D eigenvalue weighted by Gasteiger charge is 2.24. The summed E-state index contributed by atoms with van der Waals surface area (Å²) in [6.07, 6.45) is 2.41. The lowest BCUT2D eigenvalue weighted by Crippen LogP contribution is -2.49. The second kappa shape index (κ2) is 12.0. The normalized spacial score (nSPS) is 23.7. The highest BCUT2D eigenvalue weighted by molar-refractivity contribution is 14.0. The summed E-state index contributed by atoms with van der Waals surface area (Å²) in [6.45, 7) is 15.2. The number of piperidine rings is 1. The summed E-state index contributed by atoms with van der Waals surface area (Å²) in [4.78, 5) is 9.83. The summed E-state index contributed by atoms with van der Waals surface area (Å²) in [7, 11) is 2.00. The van der Waals surface area contributed by atoms with Crippen molar-refractivity contribution in [3.8, 4) is 0 Å². The third-order valence-electron chi connectivity index (χ3n) is 5.76. The lowest BCUT2D eigenvalue weighted by Gasteiger charge is -2.37. The highest BCUT2D eigenvalue weighted by Crippen LogP contribution is 2.21. The molecule has 8 nitrogen and oxygen atoms in total. The molecule has 2 atom stereocenters. The summed E-state index contributed by atoms with van der Waals surface area (Å²) in [6, 6.07) is 0. The predicted octanol–water partition coefficient (Wildman–Crippen LogP) is 1.89. The molecule has 1 aromatic heterocycles. The van der Waals surface area contributed by atoms with E-state index in [2.05, 4.69) is 39.2 Å². The molecule has 2 aliphatic heterocycles. The number of nitrogens with one attached hydrogen (secondary N) is 1. The average molecular weight is 519 g/mol. The molecule has 1 N–H and O–H groups in total. The van der Waals surface area contributed by atoms with E-state index < -0.39 is 0 Å². The van der Waals surface area contributed by atoms with E-state index in [0.29, 0.717) is 18.4 Å². The van der Waals surface area contributed by atoms with Crippen molar-refractivity contribution in [2.75, 3.05) is 52.5 Å². The zero-order valence-corrected chi connectivity index (χ0v) is 20.8. The molecule has 9 heteroatoms. The SMILES string of the molecule is Cc1nnc(CN=C(NCCCN2CCOCC2)N2CC(C)CC(C)C2)n1C.I. The van der Waals surface area contributed by atoms with Crippen LogP contribution < -0.4 is 5.32 Å². The average Bonchev–Trinajstić information content (AvgIpc) is 2.99. The molecule has 0 spiro atoms. The number of ether oxygens (including phenoxy) is 1. The topological polar surface area (TPSA) is 70.8 Å². The van der Waals surface area contributed by atoms with Crippen molar-refractivity contribution < 1.29 is 4.74 Å². The lowest BCUT2D eigenvalue weighted by molar-refractivity contribution is 0.0375. The van der Waals surface area contributed by atoms with Crippen molar-refractivity contribution in [3.63, 3.8) is 0 Å². The molecule has 2 aliphatic rings. The Labute approximate surface area is 192 Å². The molecule has 166 valence electrons. The Morgan fingerprint density at radius 1 is 1.17 bits per heavy atom. The van der Waals surface area contributed by atoms with Crippen LogP contribution in [0.15, 0.2) is 4.99 Å². The van der Waals surface area contributed by atoms with E-state index >= 15 is 0 Å². The maximum Gasteiger partial charge on any atom is 0.194 e. The van der Waals surface area contributed by atoms with Gasteiger partial charge in [-0.3, -0.25) is 4.90 Å². The van der Waals surface area contributed by atoms with Crippen LogP contribution in [-0.4, -0.2) is 83.0 Å². The monoisotopic (exact) mass is 519 g/mol. The molecule has 0 aliphatic carbocycles. The number of nitrogens with zero attached hydrogens (tertiary/aromatic N) is 6. The van der Waals surface area contributed by atoms with Gasteiger partial charge < -0.3 is 19.5 Å². The van der Waals surface area contributed by atoms with Gasteiger partial charge in [-0.1, -0.05) is 13.8 Å². The van der Waals surface area contributed by atoms with Crippen LogP contribution in [0.4, 0.5) is 0 Å². The molecule has 2 saturated heterocycles. The first kappa shape index (κ1) is 24.3. The van der Waals surface area contributed by atoms with Gasteiger partial charge in [0.15, 0.2) is 11.8 Å². The first-order valence-corrected chi connectivity index (χ1v) is 10.7. The summed E-state index contributed by atoms with van der Waals surface area (Å²) in [5, 5.41) is 12.0. The molecule has 0 bridgehead atoms. The third kappa shape index (κ3) is 7.36. The van der Waals surface area contributed by atoms with Crippen LogP contribution in [0.5, 0.6) is 0 Å². The van der Waals surface area contributed by atoms with Crippen LogP contribution in [0.25, 0.3) is 0 Å². The van der Waals surface area contributed by atoms with Crippen molar-refractivity contribution in [2.24, 2.45) is 23.9 Å². The molecular weight excluding hydrogens is 481 g/mol. The predicted molar refractivity (Wildman–Crippen MR) is 127 cm³/mol. The second-order valence-corrected chi connectivity index (χ2v) is 8.45. The third-order valence-corrected chi connectivity index (χ3v) is 5.76. The number of halogens is 1. The zero-order valence-electron chi connectivity index (χ0n) is 18.4. The van der Waals surface area contributed by atoms with Crippen molar-refractivity contribution in [3.05, 3.63) is 11.6 Å². The Balaban J connectivity index is 0.00000300. The van der Waals surface area contributed by atoms with Crippen LogP contribution >= 0.6 is 24.0 Å². The van der Waals surface area contributed by atoms with Crippen LogP contribution in [0.2, 0.25) is 0 Å². The van der Waals surface area contributed by atoms with E-state index in [1.165, 1.54) is 6.42 Å². The molecule has 3 heterocycles. The summed E-state index contributed by atoms with van der Waals surface area (Å²) >= 11 is 0. The van der Waals surface area contributed by atoms with Gasteiger partial charge in [-0.05, 0) is 38.1 Å². The Morgan fingerprint density at radius 3 is 2.48 bits per heavy atom. The Kier molecular flexibility index (Phi) is 10.1. The van der Waals surface area contributed by atoms with Gasteiger partial charge in [0.1, 0.15) is 12.4 Å². The molecule has 1 aromatic rings. The number of guanidine groups is 1. The Morgan fingerprint density at radius 2 is 1.86 bits per heavy atom. The number of hydrogen-bond acceptors (Lipinski definition) is 5. The van der Waals surface area contributed by atoms with Crippen molar-refractivity contribution in [1.29, 1.82) is 0 Å². The molecule has 2 fully saturated rings. The highest BCUT2D eigenvalue weighted by atomic mass is 127. The van der Waals surface area contributed by atoms with Gasteiger partial charge in [0.25, 0.3) is 0 Å². The first-order valence-electron chi connectivity index (χ1n) is 10.7. The minimum Gasteiger partial charge on any atom is -0.379 e. The van der Waals surface area contributed by atoms with E-state index in [4.69, 9.17) is 9.73 Å². The van der Waals surface area contributed by atoms with E-state index in [-0.39, 0.29) is 24.0 Å². The number of aryl methyl sites for hydroxylation is 1. The van der Waals surface area contributed by atoms with Crippen LogP contribution in [0.3, 0.4) is 0 Å². The number of aromatic nitrogens is 3. The minimum atomic E-state index is 0. The summed E-state index contributed by atoms with van der Waals surface area (Å²) in [5.41, 5.74) is 0. The number of morpholine rings is 1. The van der Waals surface area contributed by atoms with E-state index in [9.17, 15) is 0 Å². The summed E-state index contributed by atoms with van der Waals surface area (Å²) in [5.74, 6) is 4.23. The fraction of sp³-hybridized carbons (Fsp3) is 0.850. The van der Waals surface area contributed by atoms with E-state index in [0.717, 1.165) is 76.5 Å². The van der Waals surface area contributed by atoms with Gasteiger partial charge in [0, 0.05) is 39.8 Å². The minimum absolute atomic E-state index is 0. The van der Waals surface area contributed by atoms with Crippen molar-refractivity contribution >= 4 is 29.9 Å². The lowest BCUT2D eigenvalue weighted by atomic mass is 9.92. The quantitative estimate of drug-likeness (QED) is 0.268. The molecule has 2 unspecified atom stereocenters. The maximum absolute atomic E-state index is 5.43. The van der Waals surface area contributed by atoms with Crippen molar-refractivity contribution in [1.82, 2.24) is 29.9 Å². The molecule has 0 saturated carbocycles. The fourth-order valence-electron chi connectivity index (χ4n) is 4.17. The molecular formula is C20H38IN7O.